The predicted octanol–water partition coefficient (Wildman–Crippen LogP) is 4.71. The molecular weight excluding hydrogens is 410 g/mol. The van der Waals surface area contributed by atoms with Crippen molar-refractivity contribution in [1.82, 2.24) is 5.32 Å². The van der Waals surface area contributed by atoms with E-state index in [1.54, 1.807) is 36.4 Å². The lowest BCUT2D eigenvalue weighted by Gasteiger charge is -2.11. The van der Waals surface area contributed by atoms with E-state index in [-0.39, 0.29) is 16.8 Å². The Balaban J connectivity index is 1.55. The summed E-state index contributed by atoms with van der Waals surface area (Å²) in [5.74, 6) is -0.596. The van der Waals surface area contributed by atoms with Gasteiger partial charge in [0.05, 0.1) is 17.0 Å². The average molecular weight is 426 g/mol. The molecule has 0 bridgehead atoms. The fraction of sp³-hybridized carbons (Fsp3) is 0. The van der Waals surface area contributed by atoms with Crippen LogP contribution in [0, 0.1) is 0 Å². The van der Waals surface area contributed by atoms with Gasteiger partial charge in [0.15, 0.2) is 10.9 Å². The number of amides is 2. The first-order valence-electron chi connectivity index (χ1n) is 8.51. The van der Waals surface area contributed by atoms with Crippen molar-refractivity contribution in [1.29, 1.82) is 0 Å². The molecule has 1 aromatic heterocycles. The van der Waals surface area contributed by atoms with Gasteiger partial charge in [-0.05, 0) is 54.2 Å². The number of hydrogen-bond donors (Lipinski definition) is 3. The Morgan fingerprint density at radius 1 is 1.00 bits per heavy atom. The van der Waals surface area contributed by atoms with Crippen LogP contribution in [-0.2, 0) is 4.79 Å². The Morgan fingerprint density at radius 3 is 2.48 bits per heavy atom. The fourth-order valence-corrected chi connectivity index (χ4v) is 2.78. The largest absolute Gasteiger partial charge is 0.459 e. The Labute approximate surface area is 177 Å². The molecule has 0 aliphatic rings. The lowest BCUT2D eigenvalue weighted by molar-refractivity contribution is -0.115. The van der Waals surface area contributed by atoms with E-state index in [0.29, 0.717) is 16.4 Å². The van der Waals surface area contributed by atoms with E-state index in [0.717, 1.165) is 5.56 Å². The quantitative estimate of drug-likeness (QED) is 0.407. The number of nitrogens with one attached hydrogen (secondary N) is 3. The molecule has 0 spiro atoms. The molecule has 3 aromatic rings. The van der Waals surface area contributed by atoms with E-state index in [9.17, 15) is 9.59 Å². The molecule has 0 atom stereocenters. The standard InChI is InChI=1S/C21H16ClN3O3S/c22-16-13-15(9-10-17(16)24-20(27)18-7-4-12-28-18)23-21(29)25-19(26)11-8-14-5-2-1-3-6-14/h1-13H,(H,24,27)(H2,23,25,26,29). The van der Waals surface area contributed by atoms with Gasteiger partial charge >= 0.3 is 0 Å². The van der Waals surface area contributed by atoms with Crippen molar-refractivity contribution in [3.8, 4) is 0 Å². The second-order valence-electron chi connectivity index (χ2n) is 5.81. The first-order valence-corrected chi connectivity index (χ1v) is 9.29. The number of rotatable bonds is 5. The van der Waals surface area contributed by atoms with Gasteiger partial charge in [0, 0.05) is 11.8 Å². The molecule has 1 heterocycles. The molecule has 29 heavy (non-hydrogen) atoms. The van der Waals surface area contributed by atoms with E-state index in [4.69, 9.17) is 28.2 Å². The highest BCUT2D eigenvalue weighted by Gasteiger charge is 2.11. The van der Waals surface area contributed by atoms with Gasteiger partial charge in [-0.3, -0.25) is 14.9 Å². The van der Waals surface area contributed by atoms with Crippen molar-refractivity contribution in [3.05, 3.63) is 89.3 Å². The molecule has 3 N–H and O–H groups in total. The molecule has 8 heteroatoms. The van der Waals surface area contributed by atoms with E-state index < -0.39 is 5.91 Å². The van der Waals surface area contributed by atoms with E-state index >= 15 is 0 Å². The monoisotopic (exact) mass is 425 g/mol. The summed E-state index contributed by atoms with van der Waals surface area (Å²) in [5, 5.41) is 8.50. The van der Waals surface area contributed by atoms with Gasteiger partial charge in [-0.25, -0.2) is 0 Å². The third-order valence-electron chi connectivity index (χ3n) is 3.68. The molecule has 146 valence electrons. The van der Waals surface area contributed by atoms with Gasteiger partial charge in [0.25, 0.3) is 5.91 Å². The maximum Gasteiger partial charge on any atom is 0.291 e. The molecule has 0 unspecified atom stereocenters. The number of hydrogen-bond acceptors (Lipinski definition) is 4. The molecule has 0 aliphatic carbocycles. The van der Waals surface area contributed by atoms with Crippen LogP contribution in [0.2, 0.25) is 5.02 Å². The lowest BCUT2D eigenvalue weighted by Crippen LogP contribution is -2.32. The van der Waals surface area contributed by atoms with Crippen LogP contribution in [0.5, 0.6) is 0 Å². The summed E-state index contributed by atoms with van der Waals surface area (Å²) in [6, 6.07) is 17.5. The molecule has 0 radical (unpaired) electrons. The summed E-state index contributed by atoms with van der Waals surface area (Å²) < 4.78 is 5.04. The zero-order valence-electron chi connectivity index (χ0n) is 15.0. The number of carbonyl (C=O) groups is 2. The topological polar surface area (TPSA) is 83.4 Å². The molecule has 0 aliphatic heterocycles. The minimum atomic E-state index is -0.411. The first-order chi connectivity index (χ1) is 14.0. The lowest BCUT2D eigenvalue weighted by atomic mass is 10.2. The summed E-state index contributed by atoms with van der Waals surface area (Å²) in [4.78, 5) is 24.0. The van der Waals surface area contributed by atoms with Crippen molar-refractivity contribution >= 4 is 58.2 Å². The Hall–Kier alpha value is -3.42. The number of carbonyl (C=O) groups excluding carboxylic acids is 2. The normalized spacial score (nSPS) is 10.5. The van der Waals surface area contributed by atoms with Crippen molar-refractivity contribution in [2.45, 2.75) is 0 Å². The molecule has 0 saturated heterocycles. The number of thiocarbonyl (C=S) groups is 1. The van der Waals surface area contributed by atoms with Crippen LogP contribution in [0.1, 0.15) is 16.1 Å². The van der Waals surface area contributed by atoms with Crippen LogP contribution < -0.4 is 16.0 Å². The van der Waals surface area contributed by atoms with Crippen LogP contribution in [0.15, 0.2) is 77.4 Å². The number of anilines is 2. The van der Waals surface area contributed by atoms with Gasteiger partial charge in [-0.2, -0.15) is 0 Å². The molecular formula is C21H16ClN3O3S. The summed E-state index contributed by atoms with van der Waals surface area (Å²) in [7, 11) is 0. The summed E-state index contributed by atoms with van der Waals surface area (Å²) >= 11 is 11.4. The van der Waals surface area contributed by atoms with Crippen molar-refractivity contribution in [2.24, 2.45) is 0 Å². The van der Waals surface area contributed by atoms with Gasteiger partial charge in [0.1, 0.15) is 0 Å². The zero-order chi connectivity index (χ0) is 20.6. The smallest absolute Gasteiger partial charge is 0.291 e. The average Bonchev–Trinajstić information content (AvgIpc) is 3.24. The Morgan fingerprint density at radius 2 is 1.79 bits per heavy atom. The molecule has 2 aromatic carbocycles. The van der Waals surface area contributed by atoms with Crippen LogP contribution >= 0.6 is 23.8 Å². The summed E-state index contributed by atoms with van der Waals surface area (Å²) in [6.45, 7) is 0. The number of halogens is 1. The third-order valence-corrected chi connectivity index (χ3v) is 4.20. The molecule has 2 amide bonds. The number of furan rings is 1. The minimum Gasteiger partial charge on any atom is -0.459 e. The highest BCUT2D eigenvalue weighted by Crippen LogP contribution is 2.26. The maximum absolute atomic E-state index is 12.0. The van der Waals surface area contributed by atoms with Crippen molar-refractivity contribution < 1.29 is 14.0 Å². The Kier molecular flexibility index (Phi) is 6.78. The fourth-order valence-electron chi connectivity index (χ4n) is 2.34. The Bertz CT molecular complexity index is 1050. The third kappa shape index (κ3) is 6.03. The highest BCUT2D eigenvalue weighted by atomic mass is 35.5. The molecule has 3 rings (SSSR count). The maximum atomic E-state index is 12.0. The van der Waals surface area contributed by atoms with E-state index in [1.807, 2.05) is 30.3 Å². The van der Waals surface area contributed by atoms with Gasteiger partial charge in [-0.1, -0.05) is 41.9 Å². The minimum absolute atomic E-state index is 0.121. The molecule has 0 saturated carbocycles. The van der Waals surface area contributed by atoms with Crippen LogP contribution in [0.25, 0.3) is 6.08 Å². The molecule has 6 nitrogen and oxygen atoms in total. The second-order valence-corrected chi connectivity index (χ2v) is 6.63. The van der Waals surface area contributed by atoms with Crippen LogP contribution in [0.3, 0.4) is 0 Å². The van der Waals surface area contributed by atoms with E-state index in [1.165, 1.54) is 12.3 Å². The molecule has 0 fully saturated rings. The van der Waals surface area contributed by atoms with Gasteiger partial charge in [-0.15, -0.1) is 0 Å². The zero-order valence-corrected chi connectivity index (χ0v) is 16.6. The summed E-state index contributed by atoms with van der Waals surface area (Å²) in [6.07, 6.45) is 4.49. The highest BCUT2D eigenvalue weighted by molar-refractivity contribution is 7.80. The van der Waals surface area contributed by atoms with Crippen LogP contribution in [0.4, 0.5) is 11.4 Å². The van der Waals surface area contributed by atoms with Gasteiger partial charge < -0.3 is 15.1 Å². The van der Waals surface area contributed by atoms with Crippen LogP contribution in [-0.4, -0.2) is 16.9 Å². The first kappa shape index (κ1) is 20.3. The SMILES string of the molecule is O=C(C=Cc1ccccc1)NC(=S)Nc1ccc(NC(=O)c2ccco2)c(Cl)c1. The predicted molar refractivity (Wildman–Crippen MR) is 118 cm³/mol. The van der Waals surface area contributed by atoms with Crippen molar-refractivity contribution in [2.75, 3.05) is 10.6 Å². The van der Waals surface area contributed by atoms with Gasteiger partial charge in [0.2, 0.25) is 5.91 Å². The second kappa shape index (κ2) is 9.68. The van der Waals surface area contributed by atoms with E-state index in [2.05, 4.69) is 16.0 Å². The summed E-state index contributed by atoms with van der Waals surface area (Å²) in [5.41, 5.74) is 1.88. The van der Waals surface area contributed by atoms with Crippen molar-refractivity contribution in [3.63, 3.8) is 0 Å². The number of benzene rings is 2.